The number of anilines is 1. The lowest BCUT2D eigenvalue weighted by Gasteiger charge is -2.27. The highest BCUT2D eigenvalue weighted by Gasteiger charge is 2.18. The molecular formula is C17H19FN2O. The molecule has 0 unspecified atom stereocenters. The van der Waals surface area contributed by atoms with Gasteiger partial charge in [-0.05, 0) is 56.7 Å². The van der Waals surface area contributed by atoms with Gasteiger partial charge in [0.15, 0.2) is 0 Å². The molecule has 0 N–H and O–H groups in total. The number of aromatic nitrogens is 1. The van der Waals surface area contributed by atoms with Gasteiger partial charge >= 0.3 is 0 Å². The van der Waals surface area contributed by atoms with Crippen LogP contribution in [0.4, 0.5) is 10.1 Å². The lowest BCUT2D eigenvalue weighted by atomic mass is 10.1. The summed E-state index contributed by atoms with van der Waals surface area (Å²) in [5.74, 6) is -0.286. The van der Waals surface area contributed by atoms with Crippen LogP contribution in [0.1, 0.15) is 26.0 Å². The zero-order chi connectivity index (χ0) is 15.2. The van der Waals surface area contributed by atoms with Crippen molar-refractivity contribution in [2.45, 2.75) is 32.7 Å². The molecule has 0 aliphatic heterocycles. The van der Waals surface area contributed by atoms with E-state index in [1.54, 1.807) is 23.2 Å². The second kappa shape index (κ2) is 6.97. The molecule has 0 saturated carbocycles. The average molecular weight is 286 g/mol. The number of aryl methyl sites for hydroxylation is 1. The first-order valence-corrected chi connectivity index (χ1v) is 7.05. The van der Waals surface area contributed by atoms with Crippen molar-refractivity contribution in [1.82, 2.24) is 4.98 Å². The lowest BCUT2D eigenvalue weighted by Crippen LogP contribution is -2.37. The number of amides is 1. The summed E-state index contributed by atoms with van der Waals surface area (Å²) < 4.78 is 13.0. The third-order valence-corrected chi connectivity index (χ3v) is 3.21. The molecule has 1 aromatic heterocycles. The van der Waals surface area contributed by atoms with Gasteiger partial charge in [-0.25, -0.2) is 4.39 Å². The number of hydrogen-bond donors (Lipinski definition) is 0. The molecule has 3 nitrogen and oxygen atoms in total. The average Bonchev–Trinajstić information content (AvgIpc) is 2.48. The lowest BCUT2D eigenvalue weighted by molar-refractivity contribution is -0.118. The van der Waals surface area contributed by atoms with Crippen molar-refractivity contribution in [2.75, 3.05) is 4.90 Å². The highest BCUT2D eigenvalue weighted by molar-refractivity contribution is 5.93. The minimum atomic E-state index is -0.302. The summed E-state index contributed by atoms with van der Waals surface area (Å²) in [5.41, 5.74) is 1.62. The summed E-state index contributed by atoms with van der Waals surface area (Å²) >= 11 is 0. The SMILES string of the molecule is CC(C)N(C(=O)CCc1ccccn1)c1ccc(F)cc1. The van der Waals surface area contributed by atoms with Gasteiger partial charge in [0.25, 0.3) is 0 Å². The Hall–Kier alpha value is -2.23. The summed E-state index contributed by atoms with van der Waals surface area (Å²) in [6.07, 6.45) is 2.71. The number of rotatable bonds is 5. The van der Waals surface area contributed by atoms with Gasteiger partial charge in [0, 0.05) is 30.0 Å². The van der Waals surface area contributed by atoms with Crippen molar-refractivity contribution >= 4 is 11.6 Å². The van der Waals surface area contributed by atoms with E-state index in [0.717, 1.165) is 11.4 Å². The molecule has 2 aromatic rings. The predicted molar refractivity (Wildman–Crippen MR) is 81.6 cm³/mol. The quantitative estimate of drug-likeness (QED) is 0.841. The fourth-order valence-electron chi connectivity index (χ4n) is 2.23. The molecule has 2 rings (SSSR count). The van der Waals surface area contributed by atoms with E-state index in [0.29, 0.717) is 12.8 Å². The van der Waals surface area contributed by atoms with Crippen molar-refractivity contribution in [3.8, 4) is 0 Å². The maximum absolute atomic E-state index is 13.0. The standard InChI is InChI=1S/C17H19FN2O/c1-13(2)20(16-9-6-14(18)7-10-16)17(21)11-8-15-5-3-4-12-19-15/h3-7,9-10,12-13H,8,11H2,1-2H3. The maximum atomic E-state index is 13.0. The Morgan fingerprint density at radius 2 is 1.90 bits per heavy atom. The van der Waals surface area contributed by atoms with Crippen LogP contribution in [0.15, 0.2) is 48.7 Å². The van der Waals surface area contributed by atoms with Crippen LogP contribution in [-0.2, 0) is 11.2 Å². The van der Waals surface area contributed by atoms with E-state index >= 15 is 0 Å². The smallest absolute Gasteiger partial charge is 0.227 e. The fourth-order valence-corrected chi connectivity index (χ4v) is 2.23. The molecule has 0 aliphatic carbocycles. The Bertz CT molecular complexity index is 581. The van der Waals surface area contributed by atoms with Crippen LogP contribution in [0.2, 0.25) is 0 Å². The molecule has 0 fully saturated rings. The van der Waals surface area contributed by atoms with Crippen molar-refractivity contribution < 1.29 is 9.18 Å². The Morgan fingerprint density at radius 1 is 1.19 bits per heavy atom. The van der Waals surface area contributed by atoms with E-state index < -0.39 is 0 Å². The molecular weight excluding hydrogens is 267 g/mol. The van der Waals surface area contributed by atoms with Gasteiger partial charge < -0.3 is 4.90 Å². The van der Waals surface area contributed by atoms with Gasteiger partial charge in [-0.3, -0.25) is 9.78 Å². The Morgan fingerprint density at radius 3 is 2.48 bits per heavy atom. The number of carbonyl (C=O) groups is 1. The van der Waals surface area contributed by atoms with Gasteiger partial charge in [0.2, 0.25) is 5.91 Å². The second-order valence-electron chi connectivity index (χ2n) is 5.15. The number of pyridine rings is 1. The normalized spacial score (nSPS) is 10.7. The van der Waals surface area contributed by atoms with Crippen LogP contribution < -0.4 is 4.90 Å². The highest BCUT2D eigenvalue weighted by atomic mass is 19.1. The maximum Gasteiger partial charge on any atom is 0.227 e. The van der Waals surface area contributed by atoms with Crippen LogP contribution >= 0.6 is 0 Å². The molecule has 0 radical (unpaired) electrons. The summed E-state index contributed by atoms with van der Waals surface area (Å²) in [6.45, 7) is 3.89. The van der Waals surface area contributed by atoms with E-state index in [-0.39, 0.29) is 17.8 Å². The van der Waals surface area contributed by atoms with E-state index in [1.165, 1.54) is 12.1 Å². The van der Waals surface area contributed by atoms with Crippen molar-refractivity contribution in [1.29, 1.82) is 0 Å². The molecule has 1 amide bonds. The van der Waals surface area contributed by atoms with E-state index in [4.69, 9.17) is 0 Å². The number of halogens is 1. The first kappa shape index (κ1) is 15.2. The number of hydrogen-bond acceptors (Lipinski definition) is 2. The molecule has 21 heavy (non-hydrogen) atoms. The zero-order valence-corrected chi connectivity index (χ0v) is 12.3. The summed E-state index contributed by atoms with van der Waals surface area (Å²) in [5, 5.41) is 0. The van der Waals surface area contributed by atoms with Crippen molar-refractivity contribution in [2.24, 2.45) is 0 Å². The number of benzene rings is 1. The molecule has 0 aliphatic rings. The van der Waals surface area contributed by atoms with Crippen LogP contribution in [0.5, 0.6) is 0 Å². The predicted octanol–water partition coefficient (Wildman–Crippen LogP) is 3.59. The van der Waals surface area contributed by atoms with Crippen LogP contribution in [0.3, 0.4) is 0 Å². The molecule has 0 saturated heterocycles. The molecule has 0 bridgehead atoms. The number of nitrogens with zero attached hydrogens (tertiary/aromatic N) is 2. The van der Waals surface area contributed by atoms with E-state index in [2.05, 4.69) is 4.98 Å². The third-order valence-electron chi connectivity index (χ3n) is 3.21. The minimum absolute atomic E-state index is 0.0160. The van der Waals surface area contributed by atoms with Crippen LogP contribution in [-0.4, -0.2) is 16.9 Å². The Labute approximate surface area is 124 Å². The van der Waals surface area contributed by atoms with Gasteiger partial charge in [0.1, 0.15) is 5.82 Å². The molecule has 110 valence electrons. The van der Waals surface area contributed by atoms with E-state index in [9.17, 15) is 9.18 Å². The van der Waals surface area contributed by atoms with Crippen molar-refractivity contribution in [3.63, 3.8) is 0 Å². The first-order chi connectivity index (χ1) is 10.1. The Kier molecular flexibility index (Phi) is 5.04. The molecule has 0 atom stereocenters. The monoisotopic (exact) mass is 286 g/mol. The van der Waals surface area contributed by atoms with Gasteiger partial charge in [0.05, 0.1) is 0 Å². The van der Waals surface area contributed by atoms with Gasteiger partial charge in [-0.1, -0.05) is 6.07 Å². The third kappa shape index (κ3) is 4.12. The van der Waals surface area contributed by atoms with Gasteiger partial charge in [-0.2, -0.15) is 0 Å². The van der Waals surface area contributed by atoms with Crippen molar-refractivity contribution in [3.05, 3.63) is 60.2 Å². The highest BCUT2D eigenvalue weighted by Crippen LogP contribution is 2.19. The van der Waals surface area contributed by atoms with E-state index in [1.807, 2.05) is 32.0 Å². The van der Waals surface area contributed by atoms with Crippen LogP contribution in [0, 0.1) is 5.82 Å². The minimum Gasteiger partial charge on any atom is -0.310 e. The Balaban J connectivity index is 2.07. The number of carbonyl (C=O) groups excluding carboxylic acids is 1. The second-order valence-corrected chi connectivity index (χ2v) is 5.15. The first-order valence-electron chi connectivity index (χ1n) is 7.05. The van der Waals surface area contributed by atoms with Crippen LogP contribution in [0.25, 0.3) is 0 Å². The molecule has 1 heterocycles. The summed E-state index contributed by atoms with van der Waals surface area (Å²) in [6, 6.07) is 11.7. The molecule has 0 spiro atoms. The summed E-state index contributed by atoms with van der Waals surface area (Å²) in [7, 11) is 0. The summed E-state index contributed by atoms with van der Waals surface area (Å²) in [4.78, 5) is 18.4. The largest absolute Gasteiger partial charge is 0.310 e. The molecule has 1 aromatic carbocycles. The van der Waals surface area contributed by atoms with Gasteiger partial charge in [-0.15, -0.1) is 0 Å². The molecule has 4 heteroatoms. The topological polar surface area (TPSA) is 33.2 Å². The fraction of sp³-hybridized carbons (Fsp3) is 0.294. The zero-order valence-electron chi connectivity index (χ0n) is 12.3.